The van der Waals surface area contributed by atoms with Gasteiger partial charge in [0.25, 0.3) is 0 Å². The smallest absolute Gasteiger partial charge is 0.226 e. The van der Waals surface area contributed by atoms with Crippen LogP contribution in [0.15, 0.2) is 24.3 Å². The van der Waals surface area contributed by atoms with Gasteiger partial charge < -0.3 is 16.0 Å². The first-order valence-electron chi connectivity index (χ1n) is 6.23. The number of nitrogens with zero attached hydrogens (tertiary/aromatic N) is 1. The summed E-state index contributed by atoms with van der Waals surface area (Å²) < 4.78 is 0. The molecule has 0 aliphatic heterocycles. The highest BCUT2D eigenvalue weighted by atomic mass is 35.5. The van der Waals surface area contributed by atoms with Gasteiger partial charge in [0.2, 0.25) is 11.8 Å². The van der Waals surface area contributed by atoms with Crippen molar-refractivity contribution < 1.29 is 9.59 Å². The molecular formula is C14H22ClN3O2. The number of hydrogen-bond donors (Lipinski definition) is 2. The zero-order chi connectivity index (χ0) is 14.4. The second kappa shape index (κ2) is 8.55. The van der Waals surface area contributed by atoms with Crippen molar-refractivity contribution in [1.82, 2.24) is 4.90 Å². The van der Waals surface area contributed by atoms with Gasteiger partial charge in [0.05, 0.1) is 6.42 Å². The summed E-state index contributed by atoms with van der Waals surface area (Å²) in [4.78, 5) is 24.6. The molecule has 20 heavy (non-hydrogen) atoms. The number of hydrogen-bond acceptors (Lipinski definition) is 3. The third-order valence-corrected chi connectivity index (χ3v) is 2.60. The summed E-state index contributed by atoms with van der Waals surface area (Å²) in [6.45, 7) is 1.79. The van der Waals surface area contributed by atoms with Crippen molar-refractivity contribution in [2.45, 2.75) is 25.8 Å². The van der Waals surface area contributed by atoms with E-state index in [0.717, 1.165) is 5.56 Å². The maximum Gasteiger partial charge on any atom is 0.226 e. The van der Waals surface area contributed by atoms with E-state index in [1.54, 1.807) is 38.1 Å². The van der Waals surface area contributed by atoms with Crippen LogP contribution >= 0.6 is 12.4 Å². The molecule has 0 saturated carbocycles. The molecule has 1 atom stereocenters. The average molecular weight is 300 g/mol. The minimum absolute atomic E-state index is 0. The quantitative estimate of drug-likeness (QED) is 0.863. The van der Waals surface area contributed by atoms with Gasteiger partial charge in [-0.05, 0) is 24.6 Å². The molecule has 6 heteroatoms. The third kappa shape index (κ3) is 6.54. The van der Waals surface area contributed by atoms with Crippen LogP contribution < -0.4 is 11.1 Å². The van der Waals surface area contributed by atoms with E-state index in [-0.39, 0.29) is 30.3 Å². The molecule has 0 aromatic heterocycles. The summed E-state index contributed by atoms with van der Waals surface area (Å²) in [5.74, 6) is -0.0548. The predicted molar refractivity (Wildman–Crippen MR) is 83.0 cm³/mol. The lowest BCUT2D eigenvalue weighted by Crippen LogP contribution is -2.24. The molecule has 0 fully saturated rings. The average Bonchev–Trinajstić information content (AvgIpc) is 2.30. The Morgan fingerprint density at radius 1 is 1.25 bits per heavy atom. The number of amides is 2. The molecule has 1 aromatic rings. The standard InChI is InChI=1S/C14H21N3O2.ClH/c1-10(15)8-13(18)16-12-6-4-11(5-7-12)9-14(19)17(2)3;/h4-7,10H,8-9,15H2,1-3H3,(H,16,18);1H. The normalized spacial score (nSPS) is 11.2. The Morgan fingerprint density at radius 3 is 2.25 bits per heavy atom. The molecule has 0 aliphatic rings. The molecule has 2 amide bonds. The highest BCUT2D eigenvalue weighted by Gasteiger charge is 2.07. The molecule has 0 aliphatic carbocycles. The summed E-state index contributed by atoms with van der Waals surface area (Å²) in [6.07, 6.45) is 0.655. The molecule has 5 nitrogen and oxygen atoms in total. The maximum absolute atomic E-state index is 11.5. The lowest BCUT2D eigenvalue weighted by Gasteiger charge is -2.11. The van der Waals surface area contributed by atoms with E-state index in [9.17, 15) is 9.59 Å². The second-order valence-electron chi connectivity index (χ2n) is 4.89. The number of halogens is 1. The van der Waals surface area contributed by atoms with Crippen LogP contribution in [-0.4, -0.2) is 36.9 Å². The zero-order valence-electron chi connectivity index (χ0n) is 12.1. The first kappa shape index (κ1) is 18.4. The summed E-state index contributed by atoms with van der Waals surface area (Å²) in [5.41, 5.74) is 7.19. The molecule has 1 rings (SSSR count). The van der Waals surface area contributed by atoms with Crippen LogP contribution in [0.2, 0.25) is 0 Å². The lowest BCUT2D eigenvalue weighted by molar-refractivity contribution is -0.128. The highest BCUT2D eigenvalue weighted by molar-refractivity contribution is 5.91. The molecule has 0 bridgehead atoms. The van der Waals surface area contributed by atoms with Crippen LogP contribution in [0.5, 0.6) is 0 Å². The number of benzene rings is 1. The van der Waals surface area contributed by atoms with Crippen LogP contribution in [0.4, 0.5) is 5.69 Å². The number of anilines is 1. The minimum Gasteiger partial charge on any atom is -0.349 e. The largest absolute Gasteiger partial charge is 0.349 e. The summed E-state index contributed by atoms with van der Waals surface area (Å²) in [7, 11) is 3.45. The first-order chi connectivity index (χ1) is 8.88. The SMILES string of the molecule is CC(N)CC(=O)Nc1ccc(CC(=O)N(C)C)cc1.Cl. The molecule has 112 valence electrons. The summed E-state index contributed by atoms with van der Waals surface area (Å²) >= 11 is 0. The van der Waals surface area contributed by atoms with Gasteiger partial charge in [0.1, 0.15) is 0 Å². The zero-order valence-corrected chi connectivity index (χ0v) is 12.9. The van der Waals surface area contributed by atoms with Crippen molar-refractivity contribution in [1.29, 1.82) is 0 Å². The van der Waals surface area contributed by atoms with Gasteiger partial charge in [0.15, 0.2) is 0 Å². The minimum atomic E-state index is -0.156. The molecule has 3 N–H and O–H groups in total. The monoisotopic (exact) mass is 299 g/mol. The molecule has 0 radical (unpaired) electrons. The number of nitrogens with one attached hydrogen (secondary N) is 1. The van der Waals surface area contributed by atoms with Gasteiger partial charge in [-0.1, -0.05) is 12.1 Å². The predicted octanol–water partition coefficient (Wildman–Crippen LogP) is 1.41. The molecular weight excluding hydrogens is 278 g/mol. The van der Waals surface area contributed by atoms with E-state index in [4.69, 9.17) is 5.73 Å². The number of likely N-dealkylation sites (N-methyl/N-ethyl adjacent to an activating group) is 1. The fourth-order valence-electron chi connectivity index (χ4n) is 1.54. The van der Waals surface area contributed by atoms with Crippen LogP contribution in [-0.2, 0) is 16.0 Å². The van der Waals surface area contributed by atoms with Crippen molar-refractivity contribution >= 4 is 29.9 Å². The Labute approximate surface area is 125 Å². The van der Waals surface area contributed by atoms with Crippen molar-refractivity contribution in [3.8, 4) is 0 Å². The fourth-order valence-corrected chi connectivity index (χ4v) is 1.54. The second-order valence-corrected chi connectivity index (χ2v) is 4.89. The van der Waals surface area contributed by atoms with Gasteiger partial charge >= 0.3 is 0 Å². The van der Waals surface area contributed by atoms with Crippen molar-refractivity contribution in [2.24, 2.45) is 5.73 Å². The van der Waals surface area contributed by atoms with Crippen molar-refractivity contribution in [2.75, 3.05) is 19.4 Å². The molecule has 1 aromatic carbocycles. The number of nitrogens with two attached hydrogens (primary N) is 1. The van der Waals surface area contributed by atoms with E-state index < -0.39 is 0 Å². The Hall–Kier alpha value is -1.59. The molecule has 0 heterocycles. The summed E-state index contributed by atoms with van der Waals surface area (Å²) in [6, 6.07) is 7.09. The number of carbonyl (C=O) groups is 2. The highest BCUT2D eigenvalue weighted by Crippen LogP contribution is 2.11. The maximum atomic E-state index is 11.5. The van der Waals surface area contributed by atoms with Gasteiger partial charge in [0, 0.05) is 32.2 Å². The van der Waals surface area contributed by atoms with E-state index >= 15 is 0 Å². The van der Waals surface area contributed by atoms with E-state index in [1.165, 1.54) is 0 Å². The van der Waals surface area contributed by atoms with Gasteiger partial charge in [-0.25, -0.2) is 0 Å². The molecule has 1 unspecified atom stereocenters. The van der Waals surface area contributed by atoms with Crippen molar-refractivity contribution in [3.63, 3.8) is 0 Å². The van der Waals surface area contributed by atoms with Crippen LogP contribution in [0, 0.1) is 0 Å². The molecule has 0 spiro atoms. The first-order valence-corrected chi connectivity index (χ1v) is 6.23. The molecule has 0 saturated heterocycles. The summed E-state index contributed by atoms with van der Waals surface area (Å²) in [5, 5.41) is 2.76. The van der Waals surface area contributed by atoms with Crippen LogP contribution in [0.25, 0.3) is 0 Å². The Kier molecular flexibility index (Phi) is 7.87. The van der Waals surface area contributed by atoms with Crippen LogP contribution in [0.1, 0.15) is 18.9 Å². The topological polar surface area (TPSA) is 75.4 Å². The van der Waals surface area contributed by atoms with E-state index in [2.05, 4.69) is 5.32 Å². The van der Waals surface area contributed by atoms with Crippen molar-refractivity contribution in [3.05, 3.63) is 29.8 Å². The number of rotatable bonds is 5. The van der Waals surface area contributed by atoms with Gasteiger partial charge in [-0.15, -0.1) is 12.4 Å². The van der Waals surface area contributed by atoms with Gasteiger partial charge in [-0.3, -0.25) is 9.59 Å². The third-order valence-electron chi connectivity index (χ3n) is 2.60. The Morgan fingerprint density at radius 2 is 1.80 bits per heavy atom. The van der Waals surface area contributed by atoms with Gasteiger partial charge in [-0.2, -0.15) is 0 Å². The fraction of sp³-hybridized carbons (Fsp3) is 0.429. The Balaban J connectivity index is 0.00000361. The van der Waals surface area contributed by atoms with E-state index in [0.29, 0.717) is 18.5 Å². The number of carbonyl (C=O) groups excluding carboxylic acids is 2. The van der Waals surface area contributed by atoms with Crippen LogP contribution in [0.3, 0.4) is 0 Å². The van der Waals surface area contributed by atoms with E-state index in [1.807, 2.05) is 12.1 Å². The Bertz CT molecular complexity index is 444. The lowest BCUT2D eigenvalue weighted by atomic mass is 10.1.